The molecule has 0 aromatic rings. The lowest BCUT2D eigenvalue weighted by atomic mass is 10.1. The highest BCUT2D eigenvalue weighted by Gasteiger charge is 2.09. The normalized spacial score (nSPS) is 12.3. The number of carbonyl (C=O) groups is 1. The van der Waals surface area contributed by atoms with Crippen LogP contribution in [0.15, 0.2) is 0 Å². The van der Waals surface area contributed by atoms with Crippen LogP contribution < -0.4 is 11.1 Å². The fraction of sp³-hybridized carbons (Fsp3) is 0.875. The molecule has 0 heterocycles. The van der Waals surface area contributed by atoms with Gasteiger partial charge < -0.3 is 16.2 Å². The van der Waals surface area contributed by atoms with E-state index in [0.29, 0.717) is 12.5 Å². The third kappa shape index (κ3) is 9.60. The SMILES string of the molecule is CC(C)CCNCC(N)C(=O)O.Cl. The van der Waals surface area contributed by atoms with Gasteiger partial charge in [-0.2, -0.15) is 0 Å². The minimum atomic E-state index is -0.952. The molecule has 0 aromatic carbocycles. The first-order valence-electron chi connectivity index (χ1n) is 4.23. The minimum absolute atomic E-state index is 0. The smallest absolute Gasteiger partial charge is 0.321 e. The van der Waals surface area contributed by atoms with E-state index in [4.69, 9.17) is 10.8 Å². The third-order valence-corrected chi connectivity index (χ3v) is 1.58. The van der Waals surface area contributed by atoms with Gasteiger partial charge in [0.05, 0.1) is 0 Å². The van der Waals surface area contributed by atoms with E-state index in [1.54, 1.807) is 0 Å². The third-order valence-electron chi connectivity index (χ3n) is 1.58. The number of carboxylic acid groups (broad SMARTS) is 1. The molecule has 80 valence electrons. The largest absolute Gasteiger partial charge is 0.480 e. The number of hydrogen-bond acceptors (Lipinski definition) is 3. The Labute approximate surface area is 85.3 Å². The molecule has 0 aromatic heterocycles. The standard InChI is InChI=1S/C8H18N2O2.ClH/c1-6(2)3-4-10-5-7(9)8(11)12;/h6-7,10H,3-5,9H2,1-2H3,(H,11,12);1H. The fourth-order valence-corrected chi connectivity index (χ4v) is 0.736. The van der Waals surface area contributed by atoms with Crippen molar-refractivity contribution in [3.05, 3.63) is 0 Å². The molecule has 5 heteroatoms. The van der Waals surface area contributed by atoms with Gasteiger partial charge in [-0.15, -0.1) is 12.4 Å². The van der Waals surface area contributed by atoms with Gasteiger partial charge in [-0.05, 0) is 18.9 Å². The second-order valence-corrected chi connectivity index (χ2v) is 3.33. The summed E-state index contributed by atoms with van der Waals surface area (Å²) in [5, 5.41) is 11.4. The van der Waals surface area contributed by atoms with Gasteiger partial charge in [-0.1, -0.05) is 13.8 Å². The van der Waals surface area contributed by atoms with E-state index in [0.717, 1.165) is 13.0 Å². The van der Waals surface area contributed by atoms with E-state index in [9.17, 15) is 4.79 Å². The Morgan fingerprint density at radius 3 is 2.46 bits per heavy atom. The molecular weight excluding hydrogens is 192 g/mol. The molecule has 0 bridgehead atoms. The second kappa shape index (κ2) is 8.29. The number of nitrogens with one attached hydrogen (secondary N) is 1. The molecule has 0 aliphatic rings. The van der Waals surface area contributed by atoms with Gasteiger partial charge in [0.2, 0.25) is 0 Å². The van der Waals surface area contributed by atoms with Crippen LogP contribution in [0.4, 0.5) is 0 Å². The Hall–Kier alpha value is -0.320. The minimum Gasteiger partial charge on any atom is -0.480 e. The summed E-state index contributed by atoms with van der Waals surface area (Å²) >= 11 is 0. The first-order chi connectivity index (χ1) is 5.54. The van der Waals surface area contributed by atoms with Gasteiger partial charge in [0, 0.05) is 6.54 Å². The van der Waals surface area contributed by atoms with Gasteiger partial charge in [0.1, 0.15) is 6.04 Å². The Morgan fingerprint density at radius 1 is 1.54 bits per heavy atom. The maximum absolute atomic E-state index is 10.3. The summed E-state index contributed by atoms with van der Waals surface area (Å²) in [7, 11) is 0. The van der Waals surface area contributed by atoms with Gasteiger partial charge in [0.15, 0.2) is 0 Å². The molecule has 0 saturated heterocycles. The fourth-order valence-electron chi connectivity index (χ4n) is 0.736. The van der Waals surface area contributed by atoms with E-state index >= 15 is 0 Å². The van der Waals surface area contributed by atoms with Gasteiger partial charge >= 0.3 is 5.97 Å². The zero-order chi connectivity index (χ0) is 9.56. The summed E-state index contributed by atoms with van der Waals surface area (Å²) in [4.78, 5) is 10.3. The molecule has 0 saturated carbocycles. The summed E-state index contributed by atoms with van der Waals surface area (Å²) < 4.78 is 0. The van der Waals surface area contributed by atoms with E-state index in [1.807, 2.05) is 0 Å². The van der Waals surface area contributed by atoms with Crippen molar-refractivity contribution >= 4 is 18.4 Å². The summed E-state index contributed by atoms with van der Waals surface area (Å²) in [6, 6.07) is -0.780. The van der Waals surface area contributed by atoms with Crippen LogP contribution in [0.3, 0.4) is 0 Å². The molecule has 0 radical (unpaired) electrons. The molecule has 4 nitrogen and oxygen atoms in total. The van der Waals surface area contributed by atoms with Crippen molar-refractivity contribution in [3.63, 3.8) is 0 Å². The van der Waals surface area contributed by atoms with Crippen molar-refractivity contribution < 1.29 is 9.90 Å². The molecule has 0 amide bonds. The van der Waals surface area contributed by atoms with Crippen LogP contribution in [0.25, 0.3) is 0 Å². The lowest BCUT2D eigenvalue weighted by Gasteiger charge is -2.09. The molecule has 0 rings (SSSR count). The molecule has 4 N–H and O–H groups in total. The molecule has 1 unspecified atom stereocenters. The second-order valence-electron chi connectivity index (χ2n) is 3.33. The number of nitrogens with two attached hydrogens (primary N) is 1. The van der Waals surface area contributed by atoms with Crippen molar-refractivity contribution in [2.75, 3.05) is 13.1 Å². The van der Waals surface area contributed by atoms with Crippen molar-refractivity contribution in [1.29, 1.82) is 0 Å². The topological polar surface area (TPSA) is 75.3 Å². The number of carboxylic acids is 1. The Morgan fingerprint density at radius 2 is 2.08 bits per heavy atom. The van der Waals surface area contributed by atoms with Crippen LogP contribution in [0.5, 0.6) is 0 Å². The first kappa shape index (κ1) is 15.2. The van der Waals surface area contributed by atoms with Crippen molar-refractivity contribution in [3.8, 4) is 0 Å². The molecule has 0 aliphatic heterocycles. The average Bonchev–Trinajstić information content (AvgIpc) is 1.97. The van der Waals surface area contributed by atoms with Gasteiger partial charge in [-0.25, -0.2) is 0 Å². The Kier molecular flexibility index (Phi) is 9.67. The first-order valence-corrected chi connectivity index (χ1v) is 4.23. The van der Waals surface area contributed by atoms with Crippen LogP contribution in [0.1, 0.15) is 20.3 Å². The van der Waals surface area contributed by atoms with Crippen LogP contribution in [-0.2, 0) is 4.79 Å². The van der Waals surface area contributed by atoms with Crippen molar-refractivity contribution in [2.24, 2.45) is 11.7 Å². The molecule has 0 spiro atoms. The number of hydrogen-bond donors (Lipinski definition) is 3. The lowest BCUT2D eigenvalue weighted by molar-refractivity contribution is -0.138. The van der Waals surface area contributed by atoms with Gasteiger partial charge in [-0.3, -0.25) is 4.79 Å². The van der Waals surface area contributed by atoms with Crippen LogP contribution in [0, 0.1) is 5.92 Å². The maximum atomic E-state index is 10.3. The summed E-state index contributed by atoms with van der Waals surface area (Å²) in [5.74, 6) is -0.314. The highest BCUT2D eigenvalue weighted by atomic mass is 35.5. The Bertz CT molecular complexity index is 142. The predicted molar refractivity (Wildman–Crippen MR) is 55.2 cm³/mol. The van der Waals surface area contributed by atoms with Crippen molar-refractivity contribution in [2.45, 2.75) is 26.3 Å². The molecule has 0 fully saturated rings. The molecule has 0 aliphatic carbocycles. The Balaban J connectivity index is 0. The highest BCUT2D eigenvalue weighted by molar-refractivity contribution is 5.85. The predicted octanol–water partition coefficient (Wildman–Crippen LogP) is 0.456. The zero-order valence-electron chi connectivity index (χ0n) is 8.12. The quantitative estimate of drug-likeness (QED) is 0.557. The molecular formula is C8H19ClN2O2. The van der Waals surface area contributed by atoms with Gasteiger partial charge in [0.25, 0.3) is 0 Å². The molecule has 13 heavy (non-hydrogen) atoms. The van der Waals surface area contributed by atoms with Crippen molar-refractivity contribution in [1.82, 2.24) is 5.32 Å². The lowest BCUT2D eigenvalue weighted by Crippen LogP contribution is -2.40. The van der Waals surface area contributed by atoms with Crippen LogP contribution >= 0.6 is 12.4 Å². The number of halogens is 1. The van der Waals surface area contributed by atoms with E-state index in [1.165, 1.54) is 0 Å². The maximum Gasteiger partial charge on any atom is 0.321 e. The monoisotopic (exact) mass is 210 g/mol. The summed E-state index contributed by atoms with van der Waals surface area (Å²) in [6.45, 7) is 5.43. The summed E-state index contributed by atoms with van der Waals surface area (Å²) in [6.07, 6.45) is 1.05. The van der Waals surface area contributed by atoms with Crippen LogP contribution in [0.2, 0.25) is 0 Å². The summed E-state index contributed by atoms with van der Waals surface area (Å²) in [5.41, 5.74) is 5.27. The number of rotatable bonds is 6. The van der Waals surface area contributed by atoms with E-state index < -0.39 is 12.0 Å². The van der Waals surface area contributed by atoms with E-state index in [2.05, 4.69) is 19.2 Å². The zero-order valence-corrected chi connectivity index (χ0v) is 8.93. The number of aliphatic carboxylic acids is 1. The van der Waals surface area contributed by atoms with Crippen LogP contribution in [-0.4, -0.2) is 30.2 Å². The highest BCUT2D eigenvalue weighted by Crippen LogP contribution is 1.95. The average molecular weight is 211 g/mol. The van der Waals surface area contributed by atoms with E-state index in [-0.39, 0.29) is 12.4 Å². The molecule has 1 atom stereocenters.